The lowest BCUT2D eigenvalue weighted by Crippen LogP contribution is -2.28. The molecule has 0 saturated carbocycles. The molecule has 2 aromatic rings. The van der Waals surface area contributed by atoms with Crippen LogP contribution in [0.1, 0.15) is 11.5 Å². The van der Waals surface area contributed by atoms with Gasteiger partial charge in [-0.05, 0) is 6.92 Å². The van der Waals surface area contributed by atoms with Crippen molar-refractivity contribution in [3.05, 3.63) is 23.9 Å². The highest BCUT2D eigenvalue weighted by Gasteiger charge is 2.17. The summed E-state index contributed by atoms with van der Waals surface area (Å²) in [4.78, 5) is 4.45. The lowest BCUT2D eigenvalue weighted by atomic mass is 10.2. The van der Waals surface area contributed by atoms with Crippen molar-refractivity contribution in [1.82, 2.24) is 24.6 Å². The fourth-order valence-electron chi connectivity index (χ4n) is 2.16. The minimum atomic E-state index is 0.860. The van der Waals surface area contributed by atoms with Crippen LogP contribution in [0.5, 0.6) is 0 Å². The van der Waals surface area contributed by atoms with Crippen molar-refractivity contribution in [1.29, 1.82) is 0 Å². The topological polar surface area (TPSA) is 47.7 Å². The number of aromatic nitrogens is 4. The van der Waals surface area contributed by atoms with Crippen LogP contribution < -0.4 is 5.32 Å². The molecule has 0 amide bonds. The Hall–Kier alpha value is -1.62. The molecule has 0 aromatic carbocycles. The van der Waals surface area contributed by atoms with Gasteiger partial charge in [-0.25, -0.2) is 4.98 Å². The third kappa shape index (κ3) is 1.28. The van der Waals surface area contributed by atoms with Gasteiger partial charge in [-0.3, -0.25) is 4.68 Å². The van der Waals surface area contributed by atoms with E-state index in [2.05, 4.69) is 26.9 Å². The molecule has 0 atom stereocenters. The van der Waals surface area contributed by atoms with Gasteiger partial charge in [0.1, 0.15) is 5.82 Å². The summed E-state index contributed by atoms with van der Waals surface area (Å²) < 4.78 is 4.18. The Kier molecular flexibility index (Phi) is 2.07. The lowest BCUT2D eigenvalue weighted by Gasteiger charge is -2.17. The Morgan fingerprint density at radius 3 is 3.00 bits per heavy atom. The number of rotatable bonds is 1. The van der Waals surface area contributed by atoms with Crippen molar-refractivity contribution in [3.8, 4) is 11.3 Å². The highest BCUT2D eigenvalue weighted by Crippen LogP contribution is 2.24. The average Bonchev–Trinajstić information content (AvgIpc) is 2.85. The molecule has 16 heavy (non-hydrogen) atoms. The Morgan fingerprint density at radius 2 is 2.25 bits per heavy atom. The van der Waals surface area contributed by atoms with Crippen LogP contribution in [0, 0.1) is 6.92 Å². The van der Waals surface area contributed by atoms with E-state index in [0.717, 1.165) is 25.5 Å². The van der Waals surface area contributed by atoms with E-state index in [0.29, 0.717) is 0 Å². The molecule has 3 heterocycles. The summed E-state index contributed by atoms with van der Waals surface area (Å²) in [5, 5.41) is 7.60. The van der Waals surface area contributed by atoms with E-state index < -0.39 is 0 Å². The van der Waals surface area contributed by atoms with E-state index in [4.69, 9.17) is 0 Å². The molecule has 84 valence electrons. The number of aryl methyl sites for hydroxylation is 1. The van der Waals surface area contributed by atoms with Gasteiger partial charge < -0.3 is 9.88 Å². The van der Waals surface area contributed by atoms with Crippen LogP contribution in [0.2, 0.25) is 0 Å². The maximum Gasteiger partial charge on any atom is 0.123 e. The molecule has 2 aromatic heterocycles. The highest BCUT2D eigenvalue weighted by molar-refractivity contribution is 5.61. The first-order chi connectivity index (χ1) is 7.77. The zero-order chi connectivity index (χ0) is 11.1. The van der Waals surface area contributed by atoms with Gasteiger partial charge in [0.2, 0.25) is 0 Å². The van der Waals surface area contributed by atoms with E-state index >= 15 is 0 Å². The zero-order valence-corrected chi connectivity index (χ0v) is 9.56. The summed E-state index contributed by atoms with van der Waals surface area (Å²) in [5.41, 5.74) is 3.55. The predicted molar refractivity (Wildman–Crippen MR) is 60.9 cm³/mol. The first-order valence-corrected chi connectivity index (χ1v) is 5.51. The normalized spacial score (nSPS) is 15.1. The molecule has 0 saturated heterocycles. The summed E-state index contributed by atoms with van der Waals surface area (Å²) in [6, 6.07) is 0. The van der Waals surface area contributed by atoms with Crippen molar-refractivity contribution < 1.29 is 0 Å². The van der Waals surface area contributed by atoms with Crippen LogP contribution in [-0.4, -0.2) is 25.9 Å². The standard InChI is InChI=1S/C11H15N5/c1-8-9(5-14-15(8)2)10-6-13-11-7-12-3-4-16(10)11/h5-6,12H,3-4,7H2,1-2H3. The van der Waals surface area contributed by atoms with Gasteiger partial charge in [0.15, 0.2) is 0 Å². The molecule has 0 spiro atoms. The molecule has 3 rings (SSSR count). The SMILES string of the molecule is Cc1c(-c2cnc3n2CCNC3)cnn1C. The largest absolute Gasteiger partial charge is 0.326 e. The van der Waals surface area contributed by atoms with Crippen LogP contribution in [0.15, 0.2) is 12.4 Å². The second kappa shape index (κ2) is 3.45. The number of hydrogen-bond donors (Lipinski definition) is 1. The fourth-order valence-corrected chi connectivity index (χ4v) is 2.16. The van der Waals surface area contributed by atoms with Crippen molar-refractivity contribution in [2.24, 2.45) is 7.05 Å². The molecule has 5 nitrogen and oxygen atoms in total. The molecule has 0 bridgehead atoms. The first-order valence-electron chi connectivity index (χ1n) is 5.51. The van der Waals surface area contributed by atoms with Crippen LogP contribution >= 0.6 is 0 Å². The lowest BCUT2D eigenvalue weighted by molar-refractivity contribution is 0.508. The summed E-state index contributed by atoms with van der Waals surface area (Å²) in [6.07, 6.45) is 3.87. The van der Waals surface area contributed by atoms with Crippen LogP contribution in [0.3, 0.4) is 0 Å². The number of hydrogen-bond acceptors (Lipinski definition) is 3. The van der Waals surface area contributed by atoms with E-state index in [9.17, 15) is 0 Å². The van der Waals surface area contributed by atoms with Crippen LogP contribution in [0.25, 0.3) is 11.3 Å². The van der Waals surface area contributed by atoms with Gasteiger partial charge in [-0.1, -0.05) is 0 Å². The fraction of sp³-hybridized carbons (Fsp3) is 0.455. The maximum atomic E-state index is 4.45. The van der Waals surface area contributed by atoms with Crippen molar-refractivity contribution in [2.45, 2.75) is 20.0 Å². The smallest absolute Gasteiger partial charge is 0.123 e. The van der Waals surface area contributed by atoms with Gasteiger partial charge in [-0.15, -0.1) is 0 Å². The van der Waals surface area contributed by atoms with E-state index in [1.165, 1.54) is 17.0 Å². The number of nitrogens with one attached hydrogen (secondary N) is 1. The van der Waals surface area contributed by atoms with Gasteiger partial charge in [0.25, 0.3) is 0 Å². The van der Waals surface area contributed by atoms with E-state index in [-0.39, 0.29) is 0 Å². The monoisotopic (exact) mass is 217 g/mol. The van der Waals surface area contributed by atoms with Crippen molar-refractivity contribution in [3.63, 3.8) is 0 Å². The molecule has 0 aliphatic carbocycles. The van der Waals surface area contributed by atoms with E-state index in [1.54, 1.807) is 0 Å². The Morgan fingerprint density at radius 1 is 1.38 bits per heavy atom. The quantitative estimate of drug-likeness (QED) is 0.764. The molecule has 0 radical (unpaired) electrons. The molecule has 1 aliphatic heterocycles. The molecule has 0 fully saturated rings. The average molecular weight is 217 g/mol. The van der Waals surface area contributed by atoms with Crippen molar-refractivity contribution >= 4 is 0 Å². The van der Waals surface area contributed by atoms with Crippen molar-refractivity contribution in [2.75, 3.05) is 6.54 Å². The predicted octanol–water partition coefficient (Wildman–Crippen LogP) is 0.695. The highest BCUT2D eigenvalue weighted by atomic mass is 15.3. The van der Waals surface area contributed by atoms with E-state index in [1.807, 2.05) is 24.1 Å². The molecular weight excluding hydrogens is 202 g/mol. The molecule has 0 unspecified atom stereocenters. The van der Waals surface area contributed by atoms with Gasteiger partial charge >= 0.3 is 0 Å². The van der Waals surface area contributed by atoms with Gasteiger partial charge in [0.05, 0.1) is 24.6 Å². The molecular formula is C11H15N5. The maximum absolute atomic E-state index is 4.45. The number of nitrogens with zero attached hydrogens (tertiary/aromatic N) is 4. The van der Waals surface area contributed by atoms with Crippen LogP contribution in [-0.2, 0) is 20.1 Å². The second-order valence-electron chi connectivity index (χ2n) is 4.16. The summed E-state index contributed by atoms with van der Waals surface area (Å²) in [5.74, 6) is 1.12. The number of fused-ring (bicyclic) bond motifs is 1. The summed E-state index contributed by atoms with van der Waals surface area (Å²) in [7, 11) is 1.97. The van der Waals surface area contributed by atoms with Gasteiger partial charge in [0, 0.05) is 31.4 Å². The molecule has 1 aliphatic rings. The molecule has 5 heteroatoms. The Balaban J connectivity index is 2.13. The van der Waals surface area contributed by atoms with Crippen LogP contribution in [0.4, 0.5) is 0 Å². The third-order valence-electron chi connectivity index (χ3n) is 3.24. The number of imidazole rings is 1. The first kappa shape index (κ1) is 9.59. The summed E-state index contributed by atoms with van der Waals surface area (Å²) >= 11 is 0. The third-order valence-corrected chi connectivity index (χ3v) is 3.24. The Bertz CT molecular complexity index is 522. The molecule has 1 N–H and O–H groups in total. The minimum Gasteiger partial charge on any atom is -0.326 e. The zero-order valence-electron chi connectivity index (χ0n) is 9.56. The summed E-state index contributed by atoms with van der Waals surface area (Å²) in [6.45, 7) is 4.94. The minimum absolute atomic E-state index is 0.860. The Labute approximate surface area is 94.1 Å². The van der Waals surface area contributed by atoms with Gasteiger partial charge in [-0.2, -0.15) is 5.10 Å². The second-order valence-corrected chi connectivity index (χ2v) is 4.16.